The third-order valence-corrected chi connectivity index (χ3v) is 12.5. The number of anilines is 2. The van der Waals surface area contributed by atoms with Crippen LogP contribution in [-0.2, 0) is 10.8 Å². The van der Waals surface area contributed by atoms with Crippen LogP contribution in [0.2, 0.25) is 5.02 Å². The topological polar surface area (TPSA) is 12.5 Å². The van der Waals surface area contributed by atoms with Gasteiger partial charge in [-0.25, -0.2) is 0 Å². The molecule has 5 heteroatoms. The van der Waals surface area contributed by atoms with Crippen molar-refractivity contribution in [1.82, 2.24) is 0 Å². The van der Waals surface area contributed by atoms with Crippen molar-refractivity contribution in [2.75, 3.05) is 49.1 Å². The van der Waals surface area contributed by atoms with E-state index in [1.807, 2.05) is 6.07 Å². The number of nitrogens with zero attached hydrogens (tertiary/aromatic N) is 4. The molecule has 272 valence electrons. The molecule has 2 fully saturated rings. The van der Waals surface area contributed by atoms with Gasteiger partial charge in [0.2, 0.25) is 11.4 Å². The lowest BCUT2D eigenvalue weighted by Crippen LogP contribution is -2.28. The van der Waals surface area contributed by atoms with Gasteiger partial charge in [-0.15, -0.1) is 0 Å². The lowest BCUT2D eigenvalue weighted by Gasteiger charge is -2.17. The Bertz CT molecular complexity index is 2090. The summed E-state index contributed by atoms with van der Waals surface area (Å²) in [5, 5.41) is 0.800. The van der Waals surface area contributed by atoms with Crippen molar-refractivity contribution in [3.63, 3.8) is 0 Å². The van der Waals surface area contributed by atoms with Crippen LogP contribution in [0, 0.1) is 0 Å². The lowest BCUT2D eigenvalue weighted by atomic mass is 9.81. The number of fused-ring (bicyclic) bond motifs is 2. The number of para-hydroxylation sites is 1. The van der Waals surface area contributed by atoms with Crippen LogP contribution in [0.15, 0.2) is 103 Å². The highest BCUT2D eigenvalue weighted by molar-refractivity contribution is 6.30. The third kappa shape index (κ3) is 7.03. The van der Waals surface area contributed by atoms with Crippen molar-refractivity contribution in [3.8, 4) is 0 Å². The van der Waals surface area contributed by atoms with E-state index in [2.05, 4.69) is 156 Å². The number of rotatable bonds is 11. The summed E-state index contributed by atoms with van der Waals surface area (Å²) < 4.78 is 5.14. The normalized spacial score (nSPS) is 19.0. The van der Waals surface area contributed by atoms with E-state index in [9.17, 15) is 0 Å². The van der Waals surface area contributed by atoms with Crippen LogP contribution in [0.3, 0.4) is 0 Å². The maximum absolute atomic E-state index is 6.60. The molecule has 0 aromatic heterocycles. The minimum absolute atomic E-state index is 0.0712. The molecule has 4 aromatic carbocycles. The first-order chi connectivity index (χ1) is 25.7. The Morgan fingerprint density at radius 2 is 1.00 bits per heavy atom. The van der Waals surface area contributed by atoms with Gasteiger partial charge in [0.15, 0.2) is 11.4 Å². The molecule has 0 radical (unpaired) electrons. The molecule has 0 amide bonds. The van der Waals surface area contributed by atoms with E-state index in [1.54, 1.807) is 0 Å². The second kappa shape index (κ2) is 14.8. The molecular formula is C48H55ClN4+2. The molecule has 53 heavy (non-hydrogen) atoms. The van der Waals surface area contributed by atoms with Crippen molar-refractivity contribution in [2.24, 2.45) is 0 Å². The Hall–Kier alpha value is -4.41. The van der Waals surface area contributed by atoms with Gasteiger partial charge in [0.05, 0.1) is 10.8 Å². The van der Waals surface area contributed by atoms with Gasteiger partial charge in [0.25, 0.3) is 0 Å². The second-order valence-corrected chi connectivity index (χ2v) is 16.9. The maximum atomic E-state index is 6.60. The van der Waals surface area contributed by atoms with E-state index in [4.69, 9.17) is 11.6 Å². The molecule has 4 aromatic rings. The molecule has 4 nitrogen and oxygen atoms in total. The van der Waals surface area contributed by atoms with Crippen molar-refractivity contribution in [1.29, 1.82) is 0 Å². The van der Waals surface area contributed by atoms with Crippen LogP contribution in [-0.4, -0.2) is 59.8 Å². The Morgan fingerprint density at radius 1 is 0.547 bits per heavy atom. The molecule has 0 aliphatic carbocycles. The van der Waals surface area contributed by atoms with Crippen LogP contribution in [0.4, 0.5) is 22.7 Å². The Kier molecular flexibility index (Phi) is 9.93. The van der Waals surface area contributed by atoms with Gasteiger partial charge in [-0.3, -0.25) is 0 Å². The Labute approximate surface area is 322 Å². The van der Waals surface area contributed by atoms with Gasteiger partial charge < -0.3 is 9.80 Å². The summed E-state index contributed by atoms with van der Waals surface area (Å²) in [6.07, 6.45) is 16.7. The lowest BCUT2D eigenvalue weighted by molar-refractivity contribution is -0.451. The van der Waals surface area contributed by atoms with Crippen LogP contribution in [0.1, 0.15) is 88.5 Å². The summed E-state index contributed by atoms with van der Waals surface area (Å²) in [6.45, 7) is 16.1. The maximum Gasteiger partial charge on any atom is 0.209 e. The van der Waals surface area contributed by atoms with E-state index < -0.39 is 0 Å². The Balaban J connectivity index is 1.03. The number of unbranched alkanes of at least 4 members (excludes halogenated alkanes) is 1. The van der Waals surface area contributed by atoms with E-state index in [-0.39, 0.29) is 10.8 Å². The van der Waals surface area contributed by atoms with Gasteiger partial charge in [-0.1, -0.05) is 54.1 Å². The summed E-state index contributed by atoms with van der Waals surface area (Å²) in [4.78, 5) is 5.00. The summed E-state index contributed by atoms with van der Waals surface area (Å²) in [5.74, 6) is 0. The van der Waals surface area contributed by atoms with Crippen molar-refractivity contribution in [2.45, 2.75) is 77.0 Å². The highest BCUT2D eigenvalue weighted by atomic mass is 35.5. The molecule has 4 aliphatic rings. The van der Waals surface area contributed by atoms with Gasteiger partial charge in [-0.2, -0.15) is 9.15 Å². The second-order valence-electron chi connectivity index (χ2n) is 16.4. The summed E-state index contributed by atoms with van der Waals surface area (Å²) in [6, 6.07) is 33.7. The fraction of sp³-hybridized carbons (Fsp3) is 0.375. The monoisotopic (exact) mass is 722 g/mol. The van der Waals surface area contributed by atoms with E-state index in [0.29, 0.717) is 0 Å². The molecule has 4 heterocycles. The SMILES string of the molecule is CC1(C)C(/C=C/c2ccc(N3CCCC3)cc2)=[N+](CCCC[N+]2=C(/C=C/c3ccc(N4CCCC4)cc3)C(C)(C)c3cc(Cl)ccc32)c2ccccc21. The molecule has 0 atom stereocenters. The van der Waals surface area contributed by atoms with Gasteiger partial charge in [0.1, 0.15) is 13.1 Å². The zero-order valence-corrected chi connectivity index (χ0v) is 32.9. The number of allylic oxidation sites excluding steroid dienone is 2. The molecule has 0 spiro atoms. The first kappa shape index (κ1) is 35.6. The summed E-state index contributed by atoms with van der Waals surface area (Å²) in [7, 11) is 0. The molecule has 0 bridgehead atoms. The smallest absolute Gasteiger partial charge is 0.209 e. The first-order valence-corrected chi connectivity index (χ1v) is 20.3. The largest absolute Gasteiger partial charge is 0.372 e. The van der Waals surface area contributed by atoms with Crippen molar-refractivity contribution in [3.05, 3.63) is 130 Å². The van der Waals surface area contributed by atoms with Gasteiger partial charge in [-0.05, 0) is 113 Å². The van der Waals surface area contributed by atoms with E-state index in [1.165, 1.54) is 108 Å². The number of hydrogen-bond acceptors (Lipinski definition) is 2. The molecular weight excluding hydrogens is 668 g/mol. The number of benzene rings is 4. The van der Waals surface area contributed by atoms with Crippen molar-refractivity contribution < 1.29 is 9.15 Å². The highest BCUT2D eigenvalue weighted by Gasteiger charge is 2.45. The average molecular weight is 723 g/mol. The first-order valence-electron chi connectivity index (χ1n) is 20.0. The molecule has 2 saturated heterocycles. The standard InChI is InChI=1S/C48H55ClN4/c1-47(2)41-13-5-6-14-43(41)52(45(47)27-19-36-15-22-39(23-16-36)50-29-7-8-30-50)33-11-12-34-53-44-26-21-38(49)35-42(44)48(3,4)46(53)28-20-37-17-24-40(25-18-37)51-31-9-10-32-51/h5-6,13-28,35H,7-12,29-34H2,1-4H3/q+2. The Morgan fingerprint density at radius 3 is 1.51 bits per heavy atom. The van der Waals surface area contributed by atoms with Gasteiger partial charge in [0, 0.05) is 90.8 Å². The van der Waals surface area contributed by atoms with Crippen LogP contribution in [0.25, 0.3) is 12.2 Å². The molecule has 0 saturated carbocycles. The zero-order valence-electron chi connectivity index (χ0n) is 32.1. The minimum Gasteiger partial charge on any atom is -0.372 e. The van der Waals surface area contributed by atoms with E-state index in [0.717, 1.165) is 31.0 Å². The van der Waals surface area contributed by atoms with Crippen LogP contribution >= 0.6 is 11.6 Å². The number of hydrogen-bond donors (Lipinski definition) is 0. The minimum atomic E-state index is -0.150. The third-order valence-electron chi connectivity index (χ3n) is 12.3. The molecule has 0 unspecified atom stereocenters. The molecule has 4 aliphatic heterocycles. The quantitative estimate of drug-likeness (QED) is 0.113. The van der Waals surface area contributed by atoms with Crippen molar-refractivity contribution >= 4 is 57.9 Å². The summed E-state index contributed by atoms with van der Waals surface area (Å²) >= 11 is 6.60. The predicted molar refractivity (Wildman–Crippen MR) is 227 cm³/mol. The molecule has 0 N–H and O–H groups in total. The predicted octanol–water partition coefficient (Wildman–Crippen LogP) is 11.2. The summed E-state index contributed by atoms with van der Waals surface area (Å²) in [5.41, 5.74) is 13.0. The van der Waals surface area contributed by atoms with Crippen LogP contribution in [0.5, 0.6) is 0 Å². The fourth-order valence-electron chi connectivity index (χ4n) is 9.20. The van der Waals surface area contributed by atoms with E-state index >= 15 is 0 Å². The zero-order chi connectivity index (χ0) is 36.6. The fourth-order valence-corrected chi connectivity index (χ4v) is 9.38. The highest BCUT2D eigenvalue weighted by Crippen LogP contribution is 2.43. The van der Waals surface area contributed by atoms with Gasteiger partial charge >= 0.3 is 0 Å². The average Bonchev–Trinajstić information content (AvgIpc) is 3.97. The number of halogens is 1. The molecule has 8 rings (SSSR count). The van der Waals surface area contributed by atoms with Crippen LogP contribution < -0.4 is 9.80 Å².